The first kappa shape index (κ1) is 9.68. The highest BCUT2D eigenvalue weighted by Crippen LogP contribution is 2.25. The molecule has 1 heterocycles. The third-order valence-electron chi connectivity index (χ3n) is 2.36. The van der Waals surface area contributed by atoms with Crippen LogP contribution in [0.25, 0.3) is 0 Å². The molecule has 0 aliphatic carbocycles. The van der Waals surface area contributed by atoms with Gasteiger partial charge in [-0.05, 0) is 13.8 Å². The highest BCUT2D eigenvalue weighted by molar-refractivity contribution is 5.85. The SMILES string of the molecule is CCOC1(C(C)=O)CCOCC1. The normalized spacial score (nSPS) is 22.2. The lowest BCUT2D eigenvalue weighted by molar-refractivity contribution is -0.155. The van der Waals surface area contributed by atoms with Crippen LogP contribution in [0.4, 0.5) is 0 Å². The van der Waals surface area contributed by atoms with Crippen LogP contribution in [-0.4, -0.2) is 31.2 Å². The van der Waals surface area contributed by atoms with E-state index in [0.717, 1.165) is 0 Å². The Kier molecular flexibility index (Phi) is 3.23. The molecule has 0 spiro atoms. The van der Waals surface area contributed by atoms with E-state index in [-0.39, 0.29) is 5.78 Å². The maximum absolute atomic E-state index is 11.3. The molecule has 3 nitrogen and oxygen atoms in total. The smallest absolute Gasteiger partial charge is 0.161 e. The summed E-state index contributed by atoms with van der Waals surface area (Å²) in [5.74, 6) is 0.132. The Hall–Kier alpha value is -0.410. The Bertz CT molecular complexity index is 154. The van der Waals surface area contributed by atoms with Crippen LogP contribution in [-0.2, 0) is 14.3 Å². The van der Waals surface area contributed by atoms with Crippen molar-refractivity contribution in [2.24, 2.45) is 0 Å². The average Bonchev–Trinajstić information content (AvgIpc) is 2.06. The van der Waals surface area contributed by atoms with Gasteiger partial charge >= 0.3 is 0 Å². The fourth-order valence-electron chi connectivity index (χ4n) is 1.58. The molecule has 0 bridgehead atoms. The largest absolute Gasteiger partial charge is 0.381 e. The molecule has 3 heteroatoms. The van der Waals surface area contributed by atoms with Crippen molar-refractivity contribution in [1.29, 1.82) is 0 Å². The zero-order chi connectivity index (χ0) is 9.03. The number of Topliss-reactive ketones (excluding diaryl/α,β-unsaturated/α-hetero) is 1. The maximum Gasteiger partial charge on any atom is 0.161 e. The van der Waals surface area contributed by atoms with E-state index in [1.807, 2.05) is 6.92 Å². The summed E-state index contributed by atoms with van der Waals surface area (Å²) in [6, 6.07) is 0. The molecule has 1 fully saturated rings. The second-order valence-corrected chi connectivity index (χ2v) is 3.10. The van der Waals surface area contributed by atoms with Crippen molar-refractivity contribution < 1.29 is 14.3 Å². The predicted octanol–water partition coefficient (Wildman–Crippen LogP) is 1.16. The quantitative estimate of drug-likeness (QED) is 0.641. The molecule has 1 aliphatic heterocycles. The molecule has 0 atom stereocenters. The lowest BCUT2D eigenvalue weighted by Gasteiger charge is -2.34. The van der Waals surface area contributed by atoms with Crippen molar-refractivity contribution in [3.8, 4) is 0 Å². The third kappa shape index (κ3) is 1.84. The lowest BCUT2D eigenvalue weighted by Crippen LogP contribution is -2.45. The van der Waals surface area contributed by atoms with E-state index in [1.165, 1.54) is 0 Å². The van der Waals surface area contributed by atoms with Gasteiger partial charge in [0.05, 0.1) is 0 Å². The van der Waals surface area contributed by atoms with E-state index in [4.69, 9.17) is 9.47 Å². The Morgan fingerprint density at radius 3 is 2.50 bits per heavy atom. The monoisotopic (exact) mass is 172 g/mol. The molecule has 1 aliphatic rings. The molecule has 0 amide bonds. The van der Waals surface area contributed by atoms with Gasteiger partial charge in [0.15, 0.2) is 5.78 Å². The van der Waals surface area contributed by atoms with Crippen LogP contribution >= 0.6 is 0 Å². The minimum Gasteiger partial charge on any atom is -0.381 e. The molecular weight excluding hydrogens is 156 g/mol. The second-order valence-electron chi connectivity index (χ2n) is 3.10. The van der Waals surface area contributed by atoms with E-state index in [0.29, 0.717) is 32.7 Å². The van der Waals surface area contributed by atoms with Crippen molar-refractivity contribution in [3.63, 3.8) is 0 Å². The lowest BCUT2D eigenvalue weighted by atomic mass is 9.90. The summed E-state index contributed by atoms with van der Waals surface area (Å²) in [7, 11) is 0. The Labute approximate surface area is 73.0 Å². The summed E-state index contributed by atoms with van der Waals surface area (Å²) in [6.45, 7) is 5.39. The number of hydrogen-bond donors (Lipinski definition) is 0. The van der Waals surface area contributed by atoms with E-state index >= 15 is 0 Å². The fraction of sp³-hybridized carbons (Fsp3) is 0.889. The number of ketones is 1. The summed E-state index contributed by atoms with van der Waals surface area (Å²) in [5, 5.41) is 0. The molecule has 1 rings (SSSR count). The summed E-state index contributed by atoms with van der Waals surface area (Å²) in [6.07, 6.45) is 1.41. The van der Waals surface area contributed by atoms with Crippen LogP contribution in [0.2, 0.25) is 0 Å². The number of rotatable bonds is 3. The zero-order valence-corrected chi connectivity index (χ0v) is 7.76. The molecule has 0 N–H and O–H groups in total. The topological polar surface area (TPSA) is 35.5 Å². The summed E-state index contributed by atoms with van der Waals surface area (Å²) >= 11 is 0. The molecular formula is C9H16O3. The van der Waals surface area contributed by atoms with Crippen molar-refractivity contribution in [3.05, 3.63) is 0 Å². The summed E-state index contributed by atoms with van der Waals surface area (Å²) in [4.78, 5) is 11.3. The first-order chi connectivity index (χ1) is 5.71. The standard InChI is InChI=1S/C9H16O3/c1-3-12-9(8(2)10)4-6-11-7-5-9/h3-7H2,1-2H3. The Morgan fingerprint density at radius 1 is 1.50 bits per heavy atom. The van der Waals surface area contributed by atoms with Crippen LogP contribution in [0.15, 0.2) is 0 Å². The number of ether oxygens (including phenoxy) is 2. The molecule has 0 radical (unpaired) electrons. The first-order valence-corrected chi connectivity index (χ1v) is 4.44. The highest BCUT2D eigenvalue weighted by atomic mass is 16.5. The molecule has 12 heavy (non-hydrogen) atoms. The third-order valence-corrected chi connectivity index (χ3v) is 2.36. The highest BCUT2D eigenvalue weighted by Gasteiger charge is 2.37. The van der Waals surface area contributed by atoms with Gasteiger partial charge < -0.3 is 9.47 Å². The number of carbonyl (C=O) groups is 1. The van der Waals surface area contributed by atoms with Gasteiger partial charge in [-0.2, -0.15) is 0 Å². The molecule has 0 unspecified atom stereocenters. The van der Waals surface area contributed by atoms with Gasteiger partial charge in [0.1, 0.15) is 5.60 Å². The van der Waals surface area contributed by atoms with E-state index in [2.05, 4.69) is 0 Å². The van der Waals surface area contributed by atoms with Crippen LogP contribution in [0.3, 0.4) is 0 Å². The van der Waals surface area contributed by atoms with Crippen molar-refractivity contribution >= 4 is 5.78 Å². The molecule has 0 saturated carbocycles. The van der Waals surface area contributed by atoms with Crippen LogP contribution in [0.1, 0.15) is 26.7 Å². The Morgan fingerprint density at radius 2 is 2.08 bits per heavy atom. The van der Waals surface area contributed by atoms with Crippen LogP contribution in [0.5, 0.6) is 0 Å². The minimum atomic E-state index is -0.535. The molecule has 0 aromatic heterocycles. The fourth-order valence-corrected chi connectivity index (χ4v) is 1.58. The molecule has 1 saturated heterocycles. The van der Waals surface area contributed by atoms with Crippen LogP contribution in [0, 0.1) is 0 Å². The minimum absolute atomic E-state index is 0.132. The predicted molar refractivity (Wildman–Crippen MR) is 45.1 cm³/mol. The first-order valence-electron chi connectivity index (χ1n) is 4.44. The van der Waals surface area contributed by atoms with Gasteiger partial charge in [-0.1, -0.05) is 0 Å². The summed E-state index contributed by atoms with van der Waals surface area (Å²) < 4.78 is 10.7. The Balaban J connectivity index is 2.63. The number of carbonyl (C=O) groups excluding carboxylic acids is 1. The van der Waals surface area contributed by atoms with Gasteiger partial charge in [0.2, 0.25) is 0 Å². The second kappa shape index (κ2) is 4.01. The maximum atomic E-state index is 11.3. The molecule has 70 valence electrons. The molecule has 0 aromatic carbocycles. The number of hydrogen-bond acceptors (Lipinski definition) is 3. The van der Waals surface area contributed by atoms with Crippen LogP contribution < -0.4 is 0 Å². The van der Waals surface area contributed by atoms with Gasteiger partial charge in [-0.3, -0.25) is 4.79 Å². The van der Waals surface area contributed by atoms with Gasteiger partial charge in [-0.25, -0.2) is 0 Å². The average molecular weight is 172 g/mol. The van der Waals surface area contributed by atoms with Gasteiger partial charge in [0.25, 0.3) is 0 Å². The van der Waals surface area contributed by atoms with Crippen molar-refractivity contribution in [2.75, 3.05) is 19.8 Å². The van der Waals surface area contributed by atoms with E-state index in [1.54, 1.807) is 6.92 Å². The summed E-state index contributed by atoms with van der Waals surface area (Å²) in [5.41, 5.74) is -0.535. The van der Waals surface area contributed by atoms with Crippen molar-refractivity contribution in [1.82, 2.24) is 0 Å². The van der Waals surface area contributed by atoms with Crippen molar-refractivity contribution in [2.45, 2.75) is 32.3 Å². The van der Waals surface area contributed by atoms with Gasteiger partial charge in [0, 0.05) is 32.7 Å². The van der Waals surface area contributed by atoms with E-state index < -0.39 is 5.60 Å². The zero-order valence-electron chi connectivity index (χ0n) is 7.76. The van der Waals surface area contributed by atoms with E-state index in [9.17, 15) is 4.79 Å². The van der Waals surface area contributed by atoms with Gasteiger partial charge in [-0.15, -0.1) is 0 Å². The molecule has 0 aromatic rings.